The number of likely N-dealkylation sites (N-methyl/N-ethyl adjacent to an activating group) is 1. The first-order chi connectivity index (χ1) is 18.7. The molecule has 2 saturated heterocycles. The molecule has 5 heterocycles. The van der Waals surface area contributed by atoms with Gasteiger partial charge in [0.1, 0.15) is 11.5 Å². The Kier molecular flexibility index (Phi) is 6.36. The summed E-state index contributed by atoms with van der Waals surface area (Å²) in [6.45, 7) is 2.63. The van der Waals surface area contributed by atoms with Gasteiger partial charge in [0.15, 0.2) is 5.65 Å². The molecule has 3 aliphatic rings. The lowest BCUT2D eigenvalue weighted by Crippen LogP contribution is -2.37. The molecule has 39 heavy (non-hydrogen) atoms. The minimum atomic E-state index is -3.82. The molecule has 2 fully saturated rings. The summed E-state index contributed by atoms with van der Waals surface area (Å²) in [6.07, 6.45) is 4.08. The molecule has 0 saturated carbocycles. The van der Waals surface area contributed by atoms with Crippen LogP contribution in [0.5, 0.6) is 5.75 Å². The number of aromatic nitrogens is 2. The molecule has 0 aliphatic carbocycles. The third-order valence-corrected chi connectivity index (χ3v) is 9.12. The Balaban J connectivity index is 1.42. The van der Waals surface area contributed by atoms with Crippen LogP contribution in [0.1, 0.15) is 17.7 Å². The molecule has 6 rings (SSSR count). The van der Waals surface area contributed by atoms with Crippen LogP contribution in [0.15, 0.2) is 58.1 Å². The molecule has 1 aromatic carbocycles. The number of aliphatic imine (C=N–C) groups is 1. The Morgan fingerprint density at radius 2 is 1.85 bits per heavy atom. The summed E-state index contributed by atoms with van der Waals surface area (Å²) >= 11 is 0. The Morgan fingerprint density at radius 3 is 2.54 bits per heavy atom. The molecule has 0 radical (unpaired) electrons. The molecule has 0 bridgehead atoms. The van der Waals surface area contributed by atoms with Gasteiger partial charge in [-0.15, -0.1) is 0 Å². The minimum absolute atomic E-state index is 0.00989. The van der Waals surface area contributed by atoms with Crippen LogP contribution in [-0.2, 0) is 21.4 Å². The number of nitrogens with zero attached hydrogens (tertiary/aromatic N) is 6. The van der Waals surface area contributed by atoms with Crippen LogP contribution < -0.4 is 14.8 Å². The summed E-state index contributed by atoms with van der Waals surface area (Å²) in [6, 6.07) is 7.89. The van der Waals surface area contributed by atoms with Crippen LogP contribution in [0.4, 0.5) is 15.8 Å². The predicted octanol–water partition coefficient (Wildman–Crippen LogP) is 1.69. The fraction of sp³-hybridized carbons (Fsp3) is 0.346. The minimum Gasteiger partial charge on any atom is -0.501 e. The van der Waals surface area contributed by atoms with E-state index in [1.165, 1.54) is 32.2 Å². The van der Waals surface area contributed by atoms with Gasteiger partial charge in [-0.2, -0.15) is 12.7 Å². The van der Waals surface area contributed by atoms with Gasteiger partial charge < -0.3 is 14.7 Å². The smallest absolute Gasteiger partial charge is 0.304 e. The summed E-state index contributed by atoms with van der Waals surface area (Å²) in [5.41, 5.74) is 2.48. The van der Waals surface area contributed by atoms with Gasteiger partial charge in [-0.05, 0) is 35.8 Å². The van der Waals surface area contributed by atoms with Crippen molar-refractivity contribution in [2.24, 2.45) is 4.99 Å². The summed E-state index contributed by atoms with van der Waals surface area (Å²) in [5, 5.41) is 10.9. The number of morpholine rings is 1. The van der Waals surface area contributed by atoms with Crippen molar-refractivity contribution in [2.45, 2.75) is 12.8 Å². The van der Waals surface area contributed by atoms with E-state index in [1.54, 1.807) is 30.6 Å². The maximum Gasteiger partial charge on any atom is 0.304 e. The first kappa shape index (κ1) is 25.5. The standard InChI is InChI=1S/C26H27FN6O5S/c1-30-6-7-33(39(30,36)37)22-14-20(31-8-10-38-11-9-31)16-32-25(22)29-23(24(34)26(32)35)21-13-18(15-28-21)12-17-2-4-19(27)5-3-17/h2-5,14-16,34H,6-13H2,1H3. The van der Waals surface area contributed by atoms with Crippen LogP contribution in [-0.4, -0.2) is 79.4 Å². The lowest BCUT2D eigenvalue weighted by atomic mass is 10.0. The molecule has 0 spiro atoms. The van der Waals surface area contributed by atoms with E-state index in [9.17, 15) is 22.7 Å². The number of anilines is 2. The largest absolute Gasteiger partial charge is 0.501 e. The van der Waals surface area contributed by atoms with Gasteiger partial charge in [0.25, 0.3) is 0 Å². The molecule has 0 amide bonds. The van der Waals surface area contributed by atoms with Crippen LogP contribution >= 0.6 is 0 Å². The topological polar surface area (TPSA) is 120 Å². The lowest BCUT2D eigenvalue weighted by Gasteiger charge is -2.30. The Morgan fingerprint density at radius 1 is 1.10 bits per heavy atom. The van der Waals surface area contributed by atoms with Gasteiger partial charge in [0.2, 0.25) is 5.75 Å². The van der Waals surface area contributed by atoms with Crippen molar-refractivity contribution in [1.29, 1.82) is 0 Å². The zero-order valence-electron chi connectivity index (χ0n) is 21.2. The maximum absolute atomic E-state index is 13.5. The van der Waals surface area contributed by atoms with Crippen molar-refractivity contribution in [2.75, 3.05) is 55.6 Å². The van der Waals surface area contributed by atoms with Gasteiger partial charge in [-0.25, -0.2) is 9.37 Å². The summed E-state index contributed by atoms with van der Waals surface area (Å²) in [5.74, 6) is -0.880. The highest BCUT2D eigenvalue weighted by molar-refractivity contribution is 7.90. The molecule has 204 valence electrons. The summed E-state index contributed by atoms with van der Waals surface area (Å²) < 4.78 is 48.7. The maximum atomic E-state index is 13.5. The monoisotopic (exact) mass is 554 g/mol. The van der Waals surface area contributed by atoms with Crippen molar-refractivity contribution < 1.29 is 22.7 Å². The molecule has 0 atom stereocenters. The van der Waals surface area contributed by atoms with Gasteiger partial charge in [-0.3, -0.25) is 18.5 Å². The van der Waals surface area contributed by atoms with E-state index < -0.39 is 21.5 Å². The van der Waals surface area contributed by atoms with Crippen molar-refractivity contribution >= 4 is 32.9 Å². The molecule has 3 aliphatic heterocycles. The fourth-order valence-corrected chi connectivity index (χ4v) is 6.39. The summed E-state index contributed by atoms with van der Waals surface area (Å²) in [7, 11) is -2.32. The molecule has 11 nitrogen and oxygen atoms in total. The van der Waals surface area contributed by atoms with Crippen molar-refractivity contribution in [3.8, 4) is 5.75 Å². The van der Waals surface area contributed by atoms with E-state index in [-0.39, 0.29) is 35.9 Å². The average Bonchev–Trinajstić information content (AvgIpc) is 3.50. The second-order valence-corrected chi connectivity index (χ2v) is 11.7. The number of halogens is 1. The van der Waals surface area contributed by atoms with E-state index >= 15 is 0 Å². The van der Waals surface area contributed by atoms with E-state index in [2.05, 4.69) is 9.98 Å². The first-order valence-corrected chi connectivity index (χ1v) is 14.0. The van der Waals surface area contributed by atoms with Gasteiger partial charge in [0, 0.05) is 52.0 Å². The van der Waals surface area contributed by atoms with Crippen molar-refractivity contribution in [3.05, 3.63) is 75.7 Å². The molecular formula is C26H27FN6O5S. The SMILES string of the molecule is CN1CCN(c2cc(N3CCOCC3)cn3c(=O)c(O)c(C4=NC=C(Cc5ccc(F)cc5)C4)nc23)S1(=O)=O. The Hall–Kier alpha value is -3.81. The third kappa shape index (κ3) is 4.56. The normalized spacial score (nSPS) is 19.5. The highest BCUT2D eigenvalue weighted by atomic mass is 32.2. The number of pyridine rings is 1. The van der Waals surface area contributed by atoms with Crippen LogP contribution in [0.25, 0.3) is 5.65 Å². The third-order valence-electron chi connectivity index (χ3n) is 7.22. The molecule has 2 aromatic heterocycles. The second kappa shape index (κ2) is 9.74. The van der Waals surface area contributed by atoms with Gasteiger partial charge in [0.05, 0.1) is 30.3 Å². The highest BCUT2D eigenvalue weighted by Crippen LogP contribution is 2.33. The van der Waals surface area contributed by atoms with Crippen LogP contribution in [0, 0.1) is 5.82 Å². The fourth-order valence-electron chi connectivity index (χ4n) is 5.05. The van der Waals surface area contributed by atoms with E-state index in [4.69, 9.17) is 4.74 Å². The van der Waals surface area contributed by atoms with Gasteiger partial charge >= 0.3 is 15.8 Å². The van der Waals surface area contributed by atoms with E-state index in [0.29, 0.717) is 50.5 Å². The number of ether oxygens (including phenoxy) is 1. The zero-order valence-corrected chi connectivity index (χ0v) is 22.1. The Labute approximate surface area is 224 Å². The average molecular weight is 555 g/mol. The van der Waals surface area contributed by atoms with E-state index in [1.807, 2.05) is 4.90 Å². The Bertz CT molecular complexity index is 1680. The van der Waals surface area contributed by atoms with Crippen LogP contribution in [0.3, 0.4) is 0 Å². The van der Waals surface area contributed by atoms with Crippen molar-refractivity contribution in [1.82, 2.24) is 13.7 Å². The number of rotatable bonds is 5. The molecule has 3 aromatic rings. The zero-order chi connectivity index (χ0) is 27.3. The lowest BCUT2D eigenvalue weighted by molar-refractivity contribution is 0.122. The summed E-state index contributed by atoms with van der Waals surface area (Å²) in [4.78, 5) is 24.5. The first-order valence-electron chi connectivity index (χ1n) is 12.6. The number of aromatic hydroxyl groups is 1. The van der Waals surface area contributed by atoms with E-state index in [0.717, 1.165) is 11.1 Å². The number of fused-ring (bicyclic) bond motifs is 1. The molecule has 13 heteroatoms. The number of hydrogen-bond acceptors (Lipinski definition) is 8. The predicted molar refractivity (Wildman–Crippen MR) is 144 cm³/mol. The van der Waals surface area contributed by atoms with Crippen molar-refractivity contribution in [3.63, 3.8) is 0 Å². The highest BCUT2D eigenvalue weighted by Gasteiger charge is 2.36. The number of benzene rings is 1. The van der Waals surface area contributed by atoms with Crippen LogP contribution in [0.2, 0.25) is 0 Å². The molecule has 0 unspecified atom stereocenters. The second-order valence-electron chi connectivity index (χ2n) is 9.74. The molecular weight excluding hydrogens is 527 g/mol. The quantitative estimate of drug-likeness (QED) is 0.510. The number of allylic oxidation sites excluding steroid dienone is 1. The van der Waals surface area contributed by atoms with Gasteiger partial charge in [-0.1, -0.05) is 12.1 Å². The number of hydrogen-bond donors (Lipinski definition) is 1. The molecule has 1 N–H and O–H groups in total.